The molecule has 8 aliphatic rings. The number of hydrogen-bond acceptors (Lipinski definition) is 16. The van der Waals surface area contributed by atoms with Crippen LogP contribution in [0.4, 0.5) is 0 Å². The Kier molecular flexibility index (Phi) is 20.6. The summed E-state index contributed by atoms with van der Waals surface area (Å²) in [6, 6.07) is 0. The number of thiocarbonyl (C=S) groups is 1. The van der Waals surface area contributed by atoms with Crippen molar-refractivity contribution in [2.45, 2.75) is 60.4 Å². The van der Waals surface area contributed by atoms with Gasteiger partial charge in [-0.05, 0) is 31.0 Å². The topological polar surface area (TPSA) is 176 Å². The predicted octanol–water partition coefficient (Wildman–Crippen LogP) is 2.25. The summed E-state index contributed by atoms with van der Waals surface area (Å²) in [6.07, 6.45) is 3.60. The Balaban J connectivity index is 0.000000189. The first-order valence-electron chi connectivity index (χ1n) is 19.3. The minimum atomic E-state index is -0.354. The number of nitrogens with two attached hydrogens (primary N) is 2. The van der Waals surface area contributed by atoms with E-state index in [2.05, 4.69) is 23.7 Å². The lowest BCUT2D eigenvalue weighted by molar-refractivity contribution is -0.111. The van der Waals surface area contributed by atoms with E-state index < -0.39 is 0 Å². The maximum absolute atomic E-state index is 6.09. The quantitative estimate of drug-likeness (QED) is 0.0744. The predicted molar refractivity (Wildman–Crippen MR) is 220 cm³/mol. The third-order valence-electron chi connectivity index (χ3n) is 9.26. The Labute approximate surface area is 346 Å². The van der Waals surface area contributed by atoms with Gasteiger partial charge in [0.15, 0.2) is 5.11 Å². The summed E-state index contributed by atoms with van der Waals surface area (Å²) in [5.41, 5.74) is 8.73. The highest BCUT2D eigenvalue weighted by Crippen LogP contribution is 2.35. The van der Waals surface area contributed by atoms with Gasteiger partial charge in [0.2, 0.25) is 0 Å². The van der Waals surface area contributed by atoms with Crippen molar-refractivity contribution in [3.05, 3.63) is 0 Å². The highest BCUT2D eigenvalue weighted by atomic mass is 32.2. The van der Waals surface area contributed by atoms with Crippen molar-refractivity contribution in [2.24, 2.45) is 28.2 Å². The molecule has 0 aromatic rings. The second-order valence-electron chi connectivity index (χ2n) is 15.7. The third-order valence-corrected chi connectivity index (χ3v) is 12.1. The zero-order chi connectivity index (χ0) is 37.5. The van der Waals surface area contributed by atoms with Crippen LogP contribution in [0.1, 0.15) is 20.3 Å². The Morgan fingerprint density at radius 2 is 0.691 bits per heavy atom. The summed E-state index contributed by atoms with van der Waals surface area (Å²) in [7, 11) is 0. The van der Waals surface area contributed by atoms with E-state index in [4.69, 9.17) is 56.8 Å². The molecule has 0 aromatic carbocycles. The molecule has 0 spiro atoms. The van der Waals surface area contributed by atoms with Crippen LogP contribution in [-0.2, 0) is 56.8 Å². The molecule has 0 radical (unpaired) electrons. The molecular formula is C37H66N2O12S4. The van der Waals surface area contributed by atoms with Crippen molar-refractivity contribution in [3.8, 4) is 0 Å². The number of epoxide rings is 4. The molecule has 55 heavy (non-hydrogen) atoms. The van der Waals surface area contributed by atoms with Gasteiger partial charge < -0.3 is 68.3 Å². The van der Waals surface area contributed by atoms with Crippen molar-refractivity contribution in [2.75, 3.05) is 149 Å². The van der Waals surface area contributed by atoms with E-state index in [0.29, 0.717) is 95.0 Å². The average molecular weight is 859 g/mol. The van der Waals surface area contributed by atoms with Crippen LogP contribution in [0.5, 0.6) is 0 Å². The molecule has 18 heteroatoms. The van der Waals surface area contributed by atoms with Gasteiger partial charge in [-0.1, -0.05) is 7.43 Å². The summed E-state index contributed by atoms with van der Waals surface area (Å²) in [5.74, 6) is 4.52. The maximum Gasteiger partial charge on any atom is 0.160 e. The van der Waals surface area contributed by atoms with Crippen LogP contribution in [0.15, 0.2) is 0 Å². The zero-order valence-electron chi connectivity index (χ0n) is 31.5. The van der Waals surface area contributed by atoms with Crippen LogP contribution in [0.3, 0.4) is 0 Å². The summed E-state index contributed by atoms with van der Waals surface area (Å²) in [4.78, 5) is 0. The minimum absolute atomic E-state index is 0. The van der Waals surface area contributed by atoms with Gasteiger partial charge in [-0.15, -0.1) is 0 Å². The van der Waals surface area contributed by atoms with Crippen LogP contribution >= 0.6 is 47.5 Å². The fourth-order valence-electron chi connectivity index (χ4n) is 5.22. The molecule has 1 saturated carbocycles. The Morgan fingerprint density at radius 1 is 0.473 bits per heavy atom. The second kappa shape index (κ2) is 24.5. The first-order chi connectivity index (χ1) is 26.4. The molecule has 4 N–H and O–H groups in total. The van der Waals surface area contributed by atoms with Crippen LogP contribution in [-0.4, -0.2) is 195 Å². The molecule has 7 unspecified atom stereocenters. The molecule has 7 atom stereocenters. The molecule has 0 aromatic heterocycles. The Hall–Kier alpha value is 0.260. The largest absolute Gasteiger partial charge is 0.380 e. The van der Waals surface area contributed by atoms with Gasteiger partial charge in [-0.2, -0.15) is 35.3 Å². The normalized spacial score (nSPS) is 30.9. The average Bonchev–Trinajstić information content (AvgIpc) is 3.94. The van der Waals surface area contributed by atoms with E-state index in [1.807, 2.05) is 35.3 Å². The van der Waals surface area contributed by atoms with Gasteiger partial charge in [0.05, 0.1) is 136 Å². The molecule has 7 heterocycles. The smallest absolute Gasteiger partial charge is 0.160 e. The van der Waals surface area contributed by atoms with Gasteiger partial charge in [0, 0.05) is 39.6 Å². The van der Waals surface area contributed by atoms with E-state index >= 15 is 0 Å². The lowest BCUT2D eigenvalue weighted by atomic mass is 9.92. The highest BCUT2D eigenvalue weighted by Gasteiger charge is 2.38. The van der Waals surface area contributed by atoms with Crippen molar-refractivity contribution >= 4 is 52.6 Å². The van der Waals surface area contributed by atoms with Gasteiger partial charge >= 0.3 is 0 Å². The summed E-state index contributed by atoms with van der Waals surface area (Å²) in [6.45, 7) is 13.8. The number of rotatable bonds is 32. The molecule has 8 rings (SSSR count). The van der Waals surface area contributed by atoms with Gasteiger partial charge in [-0.3, -0.25) is 0 Å². The molecule has 7 aliphatic heterocycles. The first-order valence-corrected chi connectivity index (χ1v) is 22.9. The van der Waals surface area contributed by atoms with Gasteiger partial charge in [-0.25, -0.2) is 0 Å². The lowest BCUT2D eigenvalue weighted by Crippen LogP contribution is -2.43. The van der Waals surface area contributed by atoms with E-state index in [0.717, 1.165) is 58.8 Å². The Morgan fingerprint density at radius 3 is 0.891 bits per heavy atom. The maximum atomic E-state index is 6.09. The fraction of sp³-hybridized carbons (Fsp3) is 0.973. The molecule has 0 amide bonds. The SMILES string of the molecule is C.C(OCC(COCC1CO1)(COCC1CO1)COCC1CO1)C1CO1.C1CC1COCC(COCC1CS1)(COCC1CS1)COCC1CS1.NC(N)=S. The zero-order valence-corrected chi connectivity index (χ0v) is 34.7. The van der Waals surface area contributed by atoms with E-state index in [-0.39, 0.29) is 47.8 Å². The molecule has 8 fully saturated rings. The standard InChI is InChI=1S/C18H30O4S3.C17H28O8.CH4N2S.CH4/c1-2-14(1)3-19-10-18(11-20-4-15-7-23-15,12-21-5-16-8-24-16)13-22-6-17-9-25-17;1(13-5-22-13)18-9-17(10-19-2-14-6-23-14,11-20-3-15-7-24-15)12-21-4-16-8-25-16;2-1(3)4;/h14-17H,1-13H2;13-16H,1-12H2;(H4,2,3,4);1H4. The van der Waals surface area contributed by atoms with Crippen molar-refractivity contribution < 1.29 is 56.8 Å². The monoisotopic (exact) mass is 858 g/mol. The van der Waals surface area contributed by atoms with Crippen LogP contribution in [0.25, 0.3) is 0 Å². The summed E-state index contributed by atoms with van der Waals surface area (Å²) < 4.78 is 68.7. The fourth-order valence-corrected chi connectivity index (χ4v) is 6.50. The van der Waals surface area contributed by atoms with E-state index in [1.54, 1.807) is 0 Å². The Bertz CT molecular complexity index is 840. The molecule has 1 aliphatic carbocycles. The van der Waals surface area contributed by atoms with Crippen LogP contribution in [0, 0.1) is 16.7 Å². The molecule has 320 valence electrons. The van der Waals surface area contributed by atoms with Crippen LogP contribution in [0.2, 0.25) is 0 Å². The molecule has 7 saturated heterocycles. The lowest BCUT2D eigenvalue weighted by Gasteiger charge is -2.33. The molecule has 0 bridgehead atoms. The van der Waals surface area contributed by atoms with Crippen molar-refractivity contribution in [3.63, 3.8) is 0 Å². The summed E-state index contributed by atoms with van der Waals surface area (Å²) in [5, 5.41) is 2.12. The van der Waals surface area contributed by atoms with Crippen molar-refractivity contribution in [1.29, 1.82) is 0 Å². The van der Waals surface area contributed by atoms with Crippen molar-refractivity contribution in [1.82, 2.24) is 0 Å². The number of hydrogen-bond donors (Lipinski definition) is 2. The third kappa shape index (κ3) is 23.0. The van der Waals surface area contributed by atoms with Gasteiger partial charge in [0.25, 0.3) is 0 Å². The van der Waals surface area contributed by atoms with Gasteiger partial charge in [0.1, 0.15) is 24.4 Å². The number of ether oxygens (including phenoxy) is 12. The first kappa shape index (κ1) is 46.3. The minimum Gasteiger partial charge on any atom is -0.380 e. The van der Waals surface area contributed by atoms with Crippen LogP contribution < -0.4 is 11.5 Å². The summed E-state index contributed by atoms with van der Waals surface area (Å²) >= 11 is 10.0. The molecule has 14 nitrogen and oxygen atoms in total. The second-order valence-corrected chi connectivity index (χ2v) is 20.1. The van der Waals surface area contributed by atoms with E-state index in [1.165, 1.54) is 30.1 Å². The molecular weight excluding hydrogens is 793 g/mol. The number of thioether (sulfide) groups is 3. The highest BCUT2D eigenvalue weighted by molar-refractivity contribution is 8.07. The van der Waals surface area contributed by atoms with E-state index in [9.17, 15) is 0 Å².